The number of benzene rings is 1. The van der Waals surface area contributed by atoms with E-state index in [4.69, 9.17) is 0 Å². The third-order valence-electron chi connectivity index (χ3n) is 4.71. The van der Waals surface area contributed by atoms with E-state index in [1.165, 1.54) is 55.5 Å². The van der Waals surface area contributed by atoms with Crippen LogP contribution in [0.25, 0.3) is 0 Å². The second-order valence-corrected chi connectivity index (χ2v) is 6.21. The van der Waals surface area contributed by atoms with E-state index in [0.717, 1.165) is 25.6 Å². The van der Waals surface area contributed by atoms with Gasteiger partial charge in [-0.3, -0.25) is 4.90 Å². The van der Waals surface area contributed by atoms with Crippen LogP contribution in [0.5, 0.6) is 0 Å². The van der Waals surface area contributed by atoms with Crippen LogP contribution in [-0.2, 0) is 19.6 Å². The van der Waals surface area contributed by atoms with Crippen LogP contribution in [-0.4, -0.2) is 18.0 Å². The zero-order valence-corrected chi connectivity index (χ0v) is 12.1. The van der Waals surface area contributed by atoms with Gasteiger partial charge in [-0.15, -0.1) is 0 Å². The molecule has 1 fully saturated rings. The Morgan fingerprint density at radius 3 is 2.74 bits per heavy atom. The number of hydrogen-bond donors (Lipinski definition) is 1. The van der Waals surface area contributed by atoms with E-state index in [-0.39, 0.29) is 0 Å². The van der Waals surface area contributed by atoms with Crippen molar-refractivity contribution in [2.75, 3.05) is 13.1 Å². The van der Waals surface area contributed by atoms with E-state index < -0.39 is 0 Å². The fourth-order valence-corrected chi connectivity index (χ4v) is 3.55. The lowest BCUT2D eigenvalue weighted by Crippen LogP contribution is -2.33. The lowest BCUT2D eigenvalue weighted by atomic mass is 9.92. The van der Waals surface area contributed by atoms with Crippen LogP contribution < -0.4 is 5.32 Å². The lowest BCUT2D eigenvalue weighted by molar-refractivity contribution is 0.172. The van der Waals surface area contributed by atoms with Crippen molar-refractivity contribution < 1.29 is 0 Å². The van der Waals surface area contributed by atoms with Gasteiger partial charge < -0.3 is 5.32 Å². The van der Waals surface area contributed by atoms with Crippen LogP contribution in [0.4, 0.5) is 0 Å². The number of nitrogens with zero attached hydrogens (tertiary/aromatic N) is 1. The van der Waals surface area contributed by atoms with Gasteiger partial charge in [0.1, 0.15) is 0 Å². The molecule has 104 valence electrons. The van der Waals surface area contributed by atoms with Crippen LogP contribution >= 0.6 is 0 Å². The number of rotatable bonds is 4. The Kier molecular flexibility index (Phi) is 4.19. The molecule has 2 aliphatic heterocycles. The Morgan fingerprint density at radius 1 is 1.16 bits per heavy atom. The summed E-state index contributed by atoms with van der Waals surface area (Å²) in [4.78, 5) is 2.64. The van der Waals surface area contributed by atoms with Gasteiger partial charge in [0.15, 0.2) is 0 Å². The first-order valence-corrected chi connectivity index (χ1v) is 7.89. The van der Waals surface area contributed by atoms with E-state index >= 15 is 0 Å². The summed E-state index contributed by atoms with van der Waals surface area (Å²) in [5.74, 6) is 0.991. The van der Waals surface area contributed by atoms with E-state index in [2.05, 4.69) is 35.3 Å². The van der Waals surface area contributed by atoms with Gasteiger partial charge >= 0.3 is 0 Å². The maximum Gasteiger partial charge on any atom is 0.0233 e. The van der Waals surface area contributed by atoms with E-state index in [1.807, 2.05) is 0 Å². The Bertz CT molecular complexity index is 419. The Hall–Kier alpha value is -0.860. The highest BCUT2D eigenvalue weighted by molar-refractivity contribution is 5.34. The van der Waals surface area contributed by atoms with Crippen LogP contribution in [0.2, 0.25) is 0 Å². The molecule has 0 unspecified atom stereocenters. The van der Waals surface area contributed by atoms with Gasteiger partial charge in [-0.2, -0.15) is 0 Å². The molecule has 0 aromatic heterocycles. The molecule has 1 saturated heterocycles. The van der Waals surface area contributed by atoms with Crippen molar-refractivity contribution >= 4 is 0 Å². The van der Waals surface area contributed by atoms with Crippen LogP contribution in [0.1, 0.15) is 49.3 Å². The number of hydrogen-bond acceptors (Lipinski definition) is 2. The Morgan fingerprint density at radius 2 is 1.95 bits per heavy atom. The van der Waals surface area contributed by atoms with Gasteiger partial charge in [-0.05, 0) is 48.5 Å². The third-order valence-corrected chi connectivity index (χ3v) is 4.71. The second kappa shape index (κ2) is 6.06. The molecular formula is C17H26N2. The van der Waals surface area contributed by atoms with Gasteiger partial charge in [-0.1, -0.05) is 38.0 Å². The van der Waals surface area contributed by atoms with E-state index in [9.17, 15) is 0 Å². The summed E-state index contributed by atoms with van der Waals surface area (Å²) in [5.41, 5.74) is 4.50. The predicted octanol–water partition coefficient (Wildman–Crippen LogP) is 3.30. The predicted molar refractivity (Wildman–Crippen MR) is 79.9 cm³/mol. The summed E-state index contributed by atoms with van der Waals surface area (Å²) in [6.45, 7) is 8.15. The van der Waals surface area contributed by atoms with Gasteiger partial charge in [0, 0.05) is 19.6 Å². The summed E-state index contributed by atoms with van der Waals surface area (Å²) in [5, 5.41) is 3.42. The number of piperidine rings is 1. The first-order valence-electron chi connectivity index (χ1n) is 7.89. The van der Waals surface area contributed by atoms with Crippen molar-refractivity contribution in [3.05, 3.63) is 34.9 Å². The van der Waals surface area contributed by atoms with Crippen LogP contribution in [0.15, 0.2) is 18.2 Å². The van der Waals surface area contributed by atoms with Crippen LogP contribution in [0, 0.1) is 5.92 Å². The van der Waals surface area contributed by atoms with Crippen LogP contribution in [0.3, 0.4) is 0 Å². The fourth-order valence-electron chi connectivity index (χ4n) is 3.55. The minimum absolute atomic E-state index is 0.991. The average molecular weight is 258 g/mol. The summed E-state index contributed by atoms with van der Waals surface area (Å²) < 4.78 is 0. The lowest BCUT2D eigenvalue weighted by Gasteiger charge is -2.32. The molecule has 1 aromatic carbocycles. The topological polar surface area (TPSA) is 15.3 Å². The summed E-state index contributed by atoms with van der Waals surface area (Å²) >= 11 is 0. The molecule has 0 spiro atoms. The van der Waals surface area contributed by atoms with Crippen molar-refractivity contribution in [3.63, 3.8) is 0 Å². The Labute approximate surface area is 117 Å². The molecule has 2 aliphatic rings. The highest BCUT2D eigenvalue weighted by Crippen LogP contribution is 2.24. The quantitative estimate of drug-likeness (QED) is 0.891. The molecule has 3 rings (SSSR count). The molecule has 2 heterocycles. The van der Waals surface area contributed by atoms with Crippen molar-refractivity contribution in [2.24, 2.45) is 5.92 Å². The zero-order valence-electron chi connectivity index (χ0n) is 12.1. The molecule has 2 nitrogen and oxygen atoms in total. The van der Waals surface area contributed by atoms with E-state index in [0.29, 0.717) is 0 Å². The number of likely N-dealkylation sites (tertiary alicyclic amines) is 1. The molecule has 0 radical (unpaired) electrons. The third kappa shape index (κ3) is 3.18. The molecule has 0 aliphatic carbocycles. The van der Waals surface area contributed by atoms with Crippen molar-refractivity contribution in [3.8, 4) is 0 Å². The number of fused-ring (bicyclic) bond motifs is 1. The van der Waals surface area contributed by atoms with Gasteiger partial charge in [0.05, 0.1) is 0 Å². The standard InChI is InChI=1S/C17H26N2/c1-2-3-14-6-8-19(9-7-14)13-15-4-5-16-11-18-12-17(16)10-15/h4-5,10,14,18H,2-3,6-9,11-13H2,1H3. The largest absolute Gasteiger partial charge is 0.309 e. The van der Waals surface area contributed by atoms with Gasteiger partial charge in [-0.25, -0.2) is 0 Å². The maximum atomic E-state index is 3.42. The van der Waals surface area contributed by atoms with Gasteiger partial charge in [0.25, 0.3) is 0 Å². The first kappa shape index (κ1) is 13.1. The molecule has 0 saturated carbocycles. The molecule has 1 N–H and O–H groups in total. The van der Waals surface area contributed by atoms with Crippen molar-refractivity contribution in [1.82, 2.24) is 10.2 Å². The molecule has 2 heteroatoms. The maximum absolute atomic E-state index is 3.42. The highest BCUT2D eigenvalue weighted by Gasteiger charge is 2.19. The number of nitrogens with one attached hydrogen (secondary N) is 1. The highest BCUT2D eigenvalue weighted by atomic mass is 15.1. The van der Waals surface area contributed by atoms with Gasteiger partial charge in [0.2, 0.25) is 0 Å². The SMILES string of the molecule is CCCC1CCN(Cc2ccc3c(c2)CNC3)CC1. The monoisotopic (exact) mass is 258 g/mol. The van der Waals surface area contributed by atoms with Crippen molar-refractivity contribution in [2.45, 2.75) is 52.2 Å². The minimum Gasteiger partial charge on any atom is -0.309 e. The molecule has 0 bridgehead atoms. The fraction of sp³-hybridized carbons (Fsp3) is 0.647. The normalized spacial score (nSPS) is 20.7. The minimum atomic E-state index is 0.991. The molecule has 1 aromatic rings. The summed E-state index contributed by atoms with van der Waals surface area (Å²) in [7, 11) is 0. The molecular weight excluding hydrogens is 232 g/mol. The van der Waals surface area contributed by atoms with E-state index in [1.54, 1.807) is 0 Å². The smallest absolute Gasteiger partial charge is 0.0233 e. The van der Waals surface area contributed by atoms with Crippen molar-refractivity contribution in [1.29, 1.82) is 0 Å². The Balaban J connectivity index is 1.55. The summed E-state index contributed by atoms with van der Waals surface area (Å²) in [6.07, 6.45) is 5.58. The second-order valence-electron chi connectivity index (χ2n) is 6.21. The molecule has 19 heavy (non-hydrogen) atoms. The summed E-state index contributed by atoms with van der Waals surface area (Å²) in [6, 6.07) is 7.05. The average Bonchev–Trinajstić information content (AvgIpc) is 2.89. The molecule has 0 atom stereocenters. The molecule has 0 amide bonds. The zero-order chi connectivity index (χ0) is 13.1. The first-order chi connectivity index (χ1) is 9.35.